The van der Waals surface area contributed by atoms with Crippen molar-refractivity contribution in [3.63, 3.8) is 0 Å². The van der Waals surface area contributed by atoms with Gasteiger partial charge < -0.3 is 14.2 Å². The van der Waals surface area contributed by atoms with Crippen LogP contribution in [0.3, 0.4) is 0 Å². The Kier molecular flexibility index (Phi) is 7.84. The van der Waals surface area contributed by atoms with Gasteiger partial charge in [-0.25, -0.2) is 0 Å². The monoisotopic (exact) mass is 364 g/mol. The molecule has 3 rings (SSSR count). The van der Waals surface area contributed by atoms with Crippen molar-refractivity contribution in [3.05, 3.63) is 96.1 Å². The number of rotatable bonds is 9. The second-order valence-corrected chi connectivity index (χ2v) is 6.88. The molecule has 1 saturated heterocycles. The van der Waals surface area contributed by atoms with Gasteiger partial charge in [0.1, 0.15) is 0 Å². The lowest BCUT2D eigenvalue weighted by molar-refractivity contribution is -0.0579. The van der Waals surface area contributed by atoms with Crippen molar-refractivity contribution in [2.24, 2.45) is 0 Å². The van der Waals surface area contributed by atoms with E-state index < -0.39 is 0 Å². The lowest BCUT2D eigenvalue weighted by Gasteiger charge is -2.30. The summed E-state index contributed by atoms with van der Waals surface area (Å²) in [5.74, 6) is 0. The number of hydrogen-bond donors (Lipinski definition) is 0. The molecule has 3 nitrogen and oxygen atoms in total. The highest BCUT2D eigenvalue weighted by Gasteiger charge is 2.23. The maximum absolute atomic E-state index is 6.13. The van der Waals surface area contributed by atoms with Crippen molar-refractivity contribution < 1.29 is 14.2 Å². The van der Waals surface area contributed by atoms with E-state index in [1.165, 1.54) is 16.7 Å². The SMILES string of the molecule is C=C1C[C@H](COCc2ccccc2)O[C@H](/C=C/COCc2ccccc2)C1. The minimum absolute atomic E-state index is 0.0527. The third-order valence-electron chi connectivity index (χ3n) is 4.47. The van der Waals surface area contributed by atoms with E-state index in [4.69, 9.17) is 14.2 Å². The molecule has 27 heavy (non-hydrogen) atoms. The van der Waals surface area contributed by atoms with Crippen LogP contribution in [0.5, 0.6) is 0 Å². The van der Waals surface area contributed by atoms with Gasteiger partial charge in [0.2, 0.25) is 0 Å². The molecule has 2 aromatic rings. The average molecular weight is 364 g/mol. The van der Waals surface area contributed by atoms with Gasteiger partial charge in [-0.2, -0.15) is 0 Å². The average Bonchev–Trinajstić information content (AvgIpc) is 2.69. The second-order valence-electron chi connectivity index (χ2n) is 6.88. The molecule has 0 saturated carbocycles. The summed E-state index contributed by atoms with van der Waals surface area (Å²) in [5, 5.41) is 0. The zero-order chi connectivity index (χ0) is 18.7. The third-order valence-corrected chi connectivity index (χ3v) is 4.47. The quantitative estimate of drug-likeness (QED) is 0.459. The maximum Gasteiger partial charge on any atom is 0.0853 e. The fourth-order valence-electron chi connectivity index (χ4n) is 3.15. The molecule has 3 heteroatoms. The summed E-state index contributed by atoms with van der Waals surface area (Å²) in [6.45, 7) is 6.57. The molecular weight excluding hydrogens is 336 g/mol. The van der Waals surface area contributed by atoms with Crippen molar-refractivity contribution in [1.29, 1.82) is 0 Å². The Balaban J connectivity index is 1.36. The molecule has 2 atom stereocenters. The summed E-state index contributed by atoms with van der Waals surface area (Å²) in [4.78, 5) is 0. The van der Waals surface area contributed by atoms with Gasteiger partial charge in [-0.1, -0.05) is 85.0 Å². The van der Waals surface area contributed by atoms with Crippen LogP contribution in [0, 0.1) is 0 Å². The Labute approximate surface area is 162 Å². The number of ether oxygens (including phenoxy) is 3. The van der Waals surface area contributed by atoms with Crippen molar-refractivity contribution in [3.8, 4) is 0 Å². The van der Waals surface area contributed by atoms with Crippen LogP contribution in [-0.2, 0) is 27.4 Å². The first kappa shape index (κ1) is 19.6. The van der Waals surface area contributed by atoms with Crippen molar-refractivity contribution in [2.75, 3.05) is 13.2 Å². The van der Waals surface area contributed by atoms with Crippen molar-refractivity contribution in [2.45, 2.75) is 38.3 Å². The Morgan fingerprint density at radius 3 is 2.19 bits per heavy atom. The smallest absolute Gasteiger partial charge is 0.0853 e. The number of hydrogen-bond acceptors (Lipinski definition) is 3. The summed E-state index contributed by atoms with van der Waals surface area (Å²) < 4.78 is 17.7. The van der Waals surface area contributed by atoms with Crippen molar-refractivity contribution >= 4 is 0 Å². The van der Waals surface area contributed by atoms with Crippen molar-refractivity contribution in [1.82, 2.24) is 0 Å². The zero-order valence-corrected chi connectivity index (χ0v) is 15.8. The molecular formula is C24H28O3. The van der Waals surface area contributed by atoms with E-state index in [2.05, 4.69) is 36.9 Å². The fraction of sp³-hybridized carbons (Fsp3) is 0.333. The summed E-state index contributed by atoms with van der Waals surface area (Å²) in [6.07, 6.45) is 5.97. The highest BCUT2D eigenvalue weighted by molar-refractivity contribution is 5.14. The molecule has 1 fully saturated rings. The standard InChI is InChI=1S/C24H28O3/c1-20-15-23(13-8-14-25-17-21-9-4-2-5-10-21)27-24(16-20)19-26-18-22-11-6-3-7-12-22/h2-13,23-24H,1,14-19H2/b13-8+/t23-,24-/m1/s1. The van der Waals surface area contributed by atoms with Crippen LogP contribution >= 0.6 is 0 Å². The van der Waals surface area contributed by atoms with Crippen LogP contribution in [0.4, 0.5) is 0 Å². The van der Waals surface area contributed by atoms with Gasteiger partial charge in [0.05, 0.1) is 38.6 Å². The predicted molar refractivity (Wildman–Crippen MR) is 108 cm³/mol. The van der Waals surface area contributed by atoms with E-state index in [1.807, 2.05) is 42.5 Å². The van der Waals surface area contributed by atoms with Gasteiger partial charge in [0.15, 0.2) is 0 Å². The van der Waals surface area contributed by atoms with Gasteiger partial charge >= 0.3 is 0 Å². The Morgan fingerprint density at radius 1 is 0.889 bits per heavy atom. The minimum Gasteiger partial charge on any atom is -0.374 e. The van der Waals surface area contributed by atoms with Gasteiger partial charge in [0.25, 0.3) is 0 Å². The molecule has 0 bridgehead atoms. The lowest BCUT2D eigenvalue weighted by Crippen LogP contribution is -2.31. The molecule has 0 amide bonds. The van der Waals surface area contributed by atoms with Crippen LogP contribution in [0.2, 0.25) is 0 Å². The van der Waals surface area contributed by atoms with E-state index in [9.17, 15) is 0 Å². The van der Waals surface area contributed by atoms with Crippen LogP contribution < -0.4 is 0 Å². The Morgan fingerprint density at radius 2 is 1.52 bits per heavy atom. The third kappa shape index (κ3) is 7.14. The first-order valence-corrected chi connectivity index (χ1v) is 9.51. The van der Waals surface area contributed by atoms with E-state index in [0.29, 0.717) is 26.4 Å². The second kappa shape index (κ2) is 10.8. The van der Waals surface area contributed by atoms with Gasteiger partial charge in [0, 0.05) is 0 Å². The molecule has 1 heterocycles. The van der Waals surface area contributed by atoms with E-state index in [-0.39, 0.29) is 12.2 Å². The summed E-state index contributed by atoms with van der Waals surface area (Å²) in [7, 11) is 0. The fourth-order valence-corrected chi connectivity index (χ4v) is 3.15. The molecule has 0 radical (unpaired) electrons. The summed E-state index contributed by atoms with van der Waals surface area (Å²) in [5.41, 5.74) is 3.58. The zero-order valence-electron chi connectivity index (χ0n) is 15.8. The molecule has 0 unspecified atom stereocenters. The predicted octanol–water partition coefficient (Wildman–Crippen LogP) is 5.08. The van der Waals surface area contributed by atoms with Crippen LogP contribution in [0.25, 0.3) is 0 Å². The van der Waals surface area contributed by atoms with Crippen LogP contribution in [0.15, 0.2) is 85.0 Å². The first-order chi connectivity index (χ1) is 13.3. The normalized spacial score (nSPS) is 20.2. The molecule has 2 aromatic carbocycles. The molecule has 1 aliphatic heterocycles. The van der Waals surface area contributed by atoms with Gasteiger partial charge in [-0.3, -0.25) is 0 Å². The first-order valence-electron chi connectivity index (χ1n) is 9.51. The summed E-state index contributed by atoms with van der Waals surface area (Å²) in [6, 6.07) is 20.4. The molecule has 0 spiro atoms. The van der Waals surface area contributed by atoms with Gasteiger partial charge in [-0.15, -0.1) is 0 Å². The van der Waals surface area contributed by atoms with E-state index in [0.717, 1.165) is 12.8 Å². The Hall–Kier alpha value is -2.20. The molecule has 0 aromatic heterocycles. The highest BCUT2D eigenvalue weighted by Crippen LogP contribution is 2.24. The summed E-state index contributed by atoms with van der Waals surface area (Å²) >= 11 is 0. The van der Waals surface area contributed by atoms with E-state index in [1.54, 1.807) is 0 Å². The van der Waals surface area contributed by atoms with Gasteiger partial charge in [-0.05, 0) is 24.0 Å². The van der Waals surface area contributed by atoms with E-state index >= 15 is 0 Å². The van der Waals surface area contributed by atoms with Crippen LogP contribution in [-0.4, -0.2) is 25.4 Å². The minimum atomic E-state index is 0.0527. The molecule has 0 N–H and O–H groups in total. The lowest BCUT2D eigenvalue weighted by atomic mass is 9.99. The number of benzene rings is 2. The maximum atomic E-state index is 6.13. The van der Waals surface area contributed by atoms with Crippen LogP contribution in [0.1, 0.15) is 24.0 Å². The molecule has 1 aliphatic rings. The highest BCUT2D eigenvalue weighted by atomic mass is 16.5. The largest absolute Gasteiger partial charge is 0.374 e. The molecule has 0 aliphatic carbocycles. The topological polar surface area (TPSA) is 27.7 Å². The molecule has 142 valence electrons. The Bertz CT molecular complexity index is 709.